The molecule has 1 aliphatic carbocycles. The molecule has 0 atom stereocenters. The van der Waals surface area contributed by atoms with Gasteiger partial charge in [0.15, 0.2) is 0 Å². The summed E-state index contributed by atoms with van der Waals surface area (Å²) in [6.45, 7) is 0.855. The molecule has 3 aromatic rings. The lowest BCUT2D eigenvalue weighted by Gasteiger charge is -2.08. The first-order valence-corrected chi connectivity index (χ1v) is 7.41. The number of hydrogen-bond acceptors (Lipinski definition) is 5. The van der Waals surface area contributed by atoms with Gasteiger partial charge >= 0.3 is 0 Å². The van der Waals surface area contributed by atoms with Crippen LogP contribution in [0.4, 0.5) is 0 Å². The first-order chi connectivity index (χ1) is 10.8. The van der Waals surface area contributed by atoms with Gasteiger partial charge in [0.25, 0.3) is 5.89 Å². The van der Waals surface area contributed by atoms with E-state index in [1.807, 2.05) is 18.2 Å². The highest BCUT2D eigenvalue weighted by atomic mass is 35.5. The van der Waals surface area contributed by atoms with E-state index in [-0.39, 0.29) is 0 Å². The van der Waals surface area contributed by atoms with E-state index in [1.54, 1.807) is 0 Å². The lowest BCUT2D eigenvalue weighted by molar-refractivity contribution is 0.322. The molecule has 4 rings (SSSR count). The van der Waals surface area contributed by atoms with Crippen molar-refractivity contribution in [2.45, 2.75) is 19.4 Å². The Morgan fingerprint density at radius 3 is 3.00 bits per heavy atom. The van der Waals surface area contributed by atoms with Crippen molar-refractivity contribution in [3.63, 3.8) is 0 Å². The summed E-state index contributed by atoms with van der Waals surface area (Å²) in [4.78, 5) is 0. The maximum atomic E-state index is 9.03. The third-order valence-electron chi connectivity index (χ3n) is 3.95. The van der Waals surface area contributed by atoms with E-state index in [0.29, 0.717) is 16.8 Å². The predicted octanol–water partition coefficient (Wildman–Crippen LogP) is 3.56. The number of halogens is 1. The minimum absolute atomic E-state index is 0.405. The Labute approximate surface area is 131 Å². The van der Waals surface area contributed by atoms with Crippen LogP contribution in [-0.2, 0) is 6.54 Å². The van der Waals surface area contributed by atoms with Gasteiger partial charge in [-0.2, -0.15) is 0 Å². The van der Waals surface area contributed by atoms with Crippen LogP contribution in [0.3, 0.4) is 0 Å². The highest BCUT2D eigenvalue weighted by molar-refractivity contribution is 6.31. The molecular weight excluding hydrogens is 304 g/mol. The third-order valence-corrected chi connectivity index (χ3v) is 4.19. The topological polar surface area (TPSA) is 76.4 Å². The maximum absolute atomic E-state index is 9.03. The van der Waals surface area contributed by atoms with Gasteiger partial charge in [-0.05, 0) is 30.9 Å². The van der Waals surface area contributed by atoms with Crippen molar-refractivity contribution in [3.05, 3.63) is 35.2 Å². The molecule has 1 saturated carbocycles. The van der Waals surface area contributed by atoms with Crippen LogP contribution in [0.2, 0.25) is 5.02 Å². The van der Waals surface area contributed by atoms with Crippen LogP contribution >= 0.6 is 11.6 Å². The smallest absolute Gasteiger partial charge is 0.264 e. The van der Waals surface area contributed by atoms with Crippen molar-refractivity contribution in [2.75, 3.05) is 0 Å². The van der Waals surface area contributed by atoms with E-state index in [9.17, 15) is 0 Å². The number of hydrogen-bond donors (Lipinski definition) is 1. The van der Waals surface area contributed by atoms with Gasteiger partial charge < -0.3 is 14.2 Å². The molecule has 112 valence electrons. The quantitative estimate of drug-likeness (QED) is 0.453. The average molecular weight is 317 g/mol. The van der Waals surface area contributed by atoms with Crippen molar-refractivity contribution in [2.24, 2.45) is 11.1 Å². The largest absolute Gasteiger partial charge is 0.422 e. The summed E-state index contributed by atoms with van der Waals surface area (Å²) < 4.78 is 7.52. The highest BCUT2D eigenvalue weighted by Crippen LogP contribution is 2.38. The highest BCUT2D eigenvalue weighted by Gasteiger charge is 2.27. The van der Waals surface area contributed by atoms with Crippen molar-refractivity contribution < 1.29 is 9.62 Å². The summed E-state index contributed by atoms with van der Waals surface area (Å²) in [5, 5.41) is 21.6. The second kappa shape index (κ2) is 5.14. The SMILES string of the molecule is O/N=C/c1c(-c2nnco2)n(CC2CC2)c2cc(Cl)ccc12. The zero-order valence-electron chi connectivity index (χ0n) is 11.6. The molecule has 0 bridgehead atoms. The number of benzene rings is 1. The van der Waals surface area contributed by atoms with E-state index >= 15 is 0 Å². The number of nitrogens with zero attached hydrogens (tertiary/aromatic N) is 4. The van der Waals surface area contributed by atoms with E-state index in [1.165, 1.54) is 25.4 Å². The Bertz CT molecular complexity index is 850. The molecule has 1 aliphatic rings. The van der Waals surface area contributed by atoms with E-state index < -0.39 is 0 Å². The molecule has 0 saturated heterocycles. The van der Waals surface area contributed by atoms with Crippen LogP contribution in [-0.4, -0.2) is 26.2 Å². The molecule has 2 aromatic heterocycles. The minimum atomic E-state index is 0.405. The van der Waals surface area contributed by atoms with E-state index in [0.717, 1.165) is 28.7 Å². The Kier molecular flexibility index (Phi) is 3.11. The molecule has 22 heavy (non-hydrogen) atoms. The monoisotopic (exact) mass is 316 g/mol. The molecular formula is C15H13ClN4O2. The van der Waals surface area contributed by atoms with E-state index in [4.69, 9.17) is 21.2 Å². The number of fused-ring (bicyclic) bond motifs is 1. The van der Waals surface area contributed by atoms with Crippen LogP contribution in [0.15, 0.2) is 34.2 Å². The lowest BCUT2D eigenvalue weighted by atomic mass is 10.1. The van der Waals surface area contributed by atoms with Crippen LogP contribution in [0.1, 0.15) is 18.4 Å². The maximum Gasteiger partial charge on any atom is 0.264 e. The molecule has 0 amide bonds. The first kappa shape index (κ1) is 13.3. The molecule has 1 fully saturated rings. The van der Waals surface area contributed by atoms with Crippen LogP contribution in [0.25, 0.3) is 22.5 Å². The van der Waals surface area contributed by atoms with Gasteiger partial charge in [-0.1, -0.05) is 22.8 Å². The normalized spacial score (nSPS) is 15.1. The molecule has 0 spiro atoms. The van der Waals surface area contributed by atoms with Gasteiger partial charge in [0.05, 0.1) is 11.7 Å². The van der Waals surface area contributed by atoms with Crippen molar-refractivity contribution >= 4 is 28.7 Å². The summed E-state index contributed by atoms with van der Waals surface area (Å²) in [7, 11) is 0. The Balaban J connectivity index is 2.05. The van der Waals surface area contributed by atoms with Gasteiger partial charge in [-0.3, -0.25) is 0 Å². The molecule has 7 heteroatoms. The fraction of sp³-hybridized carbons (Fsp3) is 0.267. The lowest BCUT2D eigenvalue weighted by Crippen LogP contribution is -2.03. The Morgan fingerprint density at radius 2 is 2.32 bits per heavy atom. The summed E-state index contributed by atoms with van der Waals surface area (Å²) in [6, 6.07) is 5.64. The number of oxime groups is 1. The van der Waals surface area contributed by atoms with Gasteiger partial charge in [-0.15, -0.1) is 10.2 Å². The molecule has 0 unspecified atom stereocenters. The van der Waals surface area contributed by atoms with Crippen molar-refractivity contribution in [1.82, 2.24) is 14.8 Å². The van der Waals surface area contributed by atoms with Gasteiger partial charge in [0.1, 0.15) is 5.69 Å². The second-order valence-electron chi connectivity index (χ2n) is 5.47. The molecule has 1 aromatic carbocycles. The van der Waals surface area contributed by atoms with E-state index in [2.05, 4.69) is 19.9 Å². The third kappa shape index (κ3) is 2.16. The van der Waals surface area contributed by atoms with Gasteiger partial charge in [-0.25, -0.2) is 0 Å². The van der Waals surface area contributed by atoms with Crippen LogP contribution in [0.5, 0.6) is 0 Å². The summed E-state index contributed by atoms with van der Waals surface area (Å²) >= 11 is 6.16. The minimum Gasteiger partial charge on any atom is -0.422 e. The molecule has 6 nitrogen and oxygen atoms in total. The second-order valence-corrected chi connectivity index (χ2v) is 5.90. The molecule has 0 aliphatic heterocycles. The first-order valence-electron chi connectivity index (χ1n) is 7.03. The van der Waals surface area contributed by atoms with Gasteiger partial charge in [0, 0.05) is 22.5 Å². The summed E-state index contributed by atoms with van der Waals surface area (Å²) in [5.74, 6) is 1.05. The Morgan fingerprint density at radius 1 is 1.45 bits per heavy atom. The molecule has 2 heterocycles. The predicted molar refractivity (Wildman–Crippen MR) is 82.3 cm³/mol. The fourth-order valence-corrected chi connectivity index (χ4v) is 2.96. The summed E-state index contributed by atoms with van der Waals surface area (Å²) in [5.41, 5.74) is 2.49. The van der Waals surface area contributed by atoms with Crippen LogP contribution < -0.4 is 0 Å². The summed E-state index contributed by atoms with van der Waals surface area (Å²) in [6.07, 6.45) is 5.13. The fourth-order valence-electron chi connectivity index (χ4n) is 2.79. The Hall–Kier alpha value is -2.34. The van der Waals surface area contributed by atoms with Crippen molar-refractivity contribution in [3.8, 4) is 11.6 Å². The van der Waals surface area contributed by atoms with Crippen molar-refractivity contribution in [1.29, 1.82) is 0 Å². The average Bonchev–Trinajstić information content (AvgIpc) is 3.07. The van der Waals surface area contributed by atoms with Gasteiger partial charge in [0.2, 0.25) is 6.39 Å². The number of rotatable bonds is 4. The number of aromatic nitrogens is 3. The molecule has 1 N–H and O–H groups in total. The zero-order chi connectivity index (χ0) is 15.1. The van der Waals surface area contributed by atoms with Crippen LogP contribution in [0, 0.1) is 5.92 Å². The standard InChI is InChI=1S/C15H13ClN4O2/c16-10-3-4-11-12(6-18-21)14(15-19-17-8-22-15)20(13(11)5-10)7-9-1-2-9/h3-6,8-9,21H,1-2,7H2/b18-6+. The zero-order valence-corrected chi connectivity index (χ0v) is 12.4. The molecule has 0 radical (unpaired) electrons.